The Hall–Kier alpha value is -1.51. The van der Waals surface area contributed by atoms with Crippen molar-refractivity contribution in [3.05, 3.63) is 23.2 Å². The quantitative estimate of drug-likeness (QED) is 0.818. The van der Waals surface area contributed by atoms with Crippen LogP contribution in [0.4, 0.5) is 0 Å². The summed E-state index contributed by atoms with van der Waals surface area (Å²) < 4.78 is 11.9. The van der Waals surface area contributed by atoms with Crippen molar-refractivity contribution in [3.63, 3.8) is 0 Å². The van der Waals surface area contributed by atoms with Crippen LogP contribution in [0.25, 0.3) is 0 Å². The van der Waals surface area contributed by atoms with E-state index in [1.807, 2.05) is 23.0 Å². The number of furan rings is 1. The maximum absolute atomic E-state index is 13.1. The van der Waals surface area contributed by atoms with Gasteiger partial charge in [0.1, 0.15) is 17.1 Å². The van der Waals surface area contributed by atoms with Crippen LogP contribution in [0, 0.1) is 25.7 Å². The van der Waals surface area contributed by atoms with Crippen molar-refractivity contribution >= 4 is 23.6 Å². The molecule has 1 aromatic heterocycles. The Bertz CT molecular complexity index is 765. The first-order chi connectivity index (χ1) is 12.9. The Balaban J connectivity index is 1.59. The lowest BCUT2D eigenvalue weighted by molar-refractivity contribution is -0.134. The van der Waals surface area contributed by atoms with Crippen molar-refractivity contribution in [2.24, 2.45) is 11.8 Å². The van der Waals surface area contributed by atoms with Gasteiger partial charge >= 0.3 is 0 Å². The van der Waals surface area contributed by atoms with Crippen LogP contribution in [0.15, 0.2) is 10.5 Å². The minimum Gasteiger partial charge on any atom is -0.466 e. The fourth-order valence-electron chi connectivity index (χ4n) is 5.01. The Kier molecular flexibility index (Phi) is 4.76. The second-order valence-electron chi connectivity index (χ2n) is 7.89. The number of hydrogen-bond donors (Lipinski definition) is 1. The molecule has 7 nitrogen and oxygen atoms in total. The predicted molar refractivity (Wildman–Crippen MR) is 101 cm³/mol. The molecule has 4 heterocycles. The zero-order valence-corrected chi connectivity index (χ0v) is 16.8. The van der Waals surface area contributed by atoms with Gasteiger partial charge in [-0.05, 0) is 26.2 Å². The molecule has 2 bridgehead atoms. The van der Waals surface area contributed by atoms with Crippen LogP contribution in [0.5, 0.6) is 0 Å². The molecule has 148 valence electrons. The number of hydrogen-bond acceptors (Lipinski definition) is 6. The summed E-state index contributed by atoms with van der Waals surface area (Å²) in [7, 11) is 0. The van der Waals surface area contributed by atoms with Gasteiger partial charge in [0.25, 0.3) is 5.91 Å². The summed E-state index contributed by atoms with van der Waals surface area (Å²) in [5, 5.41) is 9.97. The summed E-state index contributed by atoms with van der Waals surface area (Å²) in [6.07, 6.45) is 1.72. The number of fused-ring (bicyclic) bond motifs is 1. The maximum atomic E-state index is 13.1. The van der Waals surface area contributed by atoms with Crippen LogP contribution < -0.4 is 0 Å². The Morgan fingerprint density at radius 2 is 2.04 bits per heavy atom. The number of carbonyl (C=O) groups excluding carboxylic acids is 2. The number of morpholine rings is 1. The highest BCUT2D eigenvalue weighted by atomic mass is 32.2. The molecule has 27 heavy (non-hydrogen) atoms. The summed E-state index contributed by atoms with van der Waals surface area (Å²) in [5.41, 5.74) is 0.00261. The van der Waals surface area contributed by atoms with Crippen molar-refractivity contribution in [2.45, 2.75) is 25.6 Å². The van der Waals surface area contributed by atoms with E-state index < -0.39 is 5.60 Å². The van der Waals surface area contributed by atoms with Gasteiger partial charge in [-0.3, -0.25) is 9.59 Å². The molecule has 3 fully saturated rings. The number of aryl methyl sites for hydroxylation is 2. The molecule has 1 spiro atoms. The van der Waals surface area contributed by atoms with Crippen LogP contribution in [-0.2, 0) is 9.53 Å². The lowest BCUT2D eigenvalue weighted by Crippen LogP contribution is -2.56. The van der Waals surface area contributed by atoms with Crippen LogP contribution in [0.3, 0.4) is 0 Å². The molecule has 8 heteroatoms. The van der Waals surface area contributed by atoms with E-state index in [0.29, 0.717) is 49.0 Å². The largest absolute Gasteiger partial charge is 0.466 e. The fraction of sp³-hybridized carbons (Fsp3) is 0.684. The zero-order valence-electron chi connectivity index (χ0n) is 15.9. The van der Waals surface area contributed by atoms with Crippen LogP contribution in [0.2, 0.25) is 0 Å². The molecule has 4 rings (SSSR count). The third-order valence-corrected chi connectivity index (χ3v) is 6.72. The molecule has 3 aliphatic rings. The second-order valence-corrected chi connectivity index (χ2v) is 8.76. The molecule has 0 radical (unpaired) electrons. The standard InChI is InChI=1S/C19H26N2O5S/c1-11-4-13(12(2)25-11)18(24)21-6-16-14(7-22)15-5-20(17(23)8-27-3)9-19(15,10-21)26-16/h4,14-16,22H,5-10H2,1-3H3/t14-,15+,16+,19-/m0/s1. The average Bonchev–Trinajstić information content (AvgIpc) is 3.20. The predicted octanol–water partition coefficient (Wildman–Crippen LogP) is 0.920. The van der Waals surface area contributed by atoms with Gasteiger partial charge in [-0.2, -0.15) is 11.8 Å². The summed E-state index contributed by atoms with van der Waals surface area (Å²) in [6.45, 7) is 5.61. The second kappa shape index (κ2) is 6.83. The average molecular weight is 394 g/mol. The SMILES string of the molecule is CSCC(=O)N1C[C@@H]2[C@H](CO)[C@H]3CN(C(=O)c4cc(C)oc4C)C[C@]2(C1)O3. The monoisotopic (exact) mass is 394 g/mol. The van der Waals surface area contributed by atoms with E-state index in [-0.39, 0.29) is 36.4 Å². The Labute approximate surface area is 163 Å². The van der Waals surface area contributed by atoms with Gasteiger partial charge in [0, 0.05) is 31.5 Å². The highest BCUT2D eigenvalue weighted by Crippen LogP contribution is 2.49. The van der Waals surface area contributed by atoms with Crippen molar-refractivity contribution in [1.29, 1.82) is 0 Å². The van der Waals surface area contributed by atoms with Gasteiger partial charge < -0.3 is 24.1 Å². The number of thioether (sulfide) groups is 1. The van der Waals surface area contributed by atoms with E-state index in [0.717, 1.165) is 0 Å². The van der Waals surface area contributed by atoms with E-state index in [1.54, 1.807) is 13.0 Å². The first-order valence-electron chi connectivity index (χ1n) is 9.30. The number of nitrogens with zero attached hydrogens (tertiary/aromatic N) is 2. The Morgan fingerprint density at radius 3 is 2.67 bits per heavy atom. The number of rotatable bonds is 4. The van der Waals surface area contributed by atoms with E-state index in [9.17, 15) is 14.7 Å². The molecular formula is C19H26N2O5S. The Morgan fingerprint density at radius 1 is 1.30 bits per heavy atom. The van der Waals surface area contributed by atoms with Crippen molar-refractivity contribution in [3.8, 4) is 0 Å². The number of carbonyl (C=O) groups is 2. The van der Waals surface area contributed by atoms with Gasteiger partial charge in [0.05, 0.1) is 30.5 Å². The minimum absolute atomic E-state index is 0.00746. The van der Waals surface area contributed by atoms with Crippen molar-refractivity contribution < 1.29 is 23.8 Å². The summed E-state index contributed by atoms with van der Waals surface area (Å²) >= 11 is 1.50. The highest BCUT2D eigenvalue weighted by Gasteiger charge is 2.63. The fourth-order valence-corrected chi connectivity index (χ4v) is 5.44. The third-order valence-electron chi connectivity index (χ3n) is 6.18. The van der Waals surface area contributed by atoms with Gasteiger partial charge in [0.15, 0.2) is 0 Å². The first kappa shape index (κ1) is 18.8. The molecule has 0 saturated carbocycles. The van der Waals surface area contributed by atoms with Gasteiger partial charge in [-0.25, -0.2) is 0 Å². The number of aliphatic hydroxyl groups is 1. The normalized spacial score (nSPS) is 32.1. The molecule has 1 N–H and O–H groups in total. The molecule has 2 amide bonds. The van der Waals surface area contributed by atoms with Crippen LogP contribution in [0.1, 0.15) is 21.9 Å². The van der Waals surface area contributed by atoms with E-state index in [2.05, 4.69) is 0 Å². The topological polar surface area (TPSA) is 83.2 Å². The van der Waals surface area contributed by atoms with Gasteiger partial charge in [-0.1, -0.05) is 0 Å². The minimum atomic E-state index is -0.577. The number of aliphatic hydroxyl groups excluding tert-OH is 1. The molecule has 0 unspecified atom stereocenters. The molecule has 3 aliphatic heterocycles. The lowest BCUT2D eigenvalue weighted by Gasteiger charge is -2.40. The van der Waals surface area contributed by atoms with Crippen LogP contribution >= 0.6 is 11.8 Å². The lowest BCUT2D eigenvalue weighted by atomic mass is 9.83. The highest BCUT2D eigenvalue weighted by molar-refractivity contribution is 7.99. The van der Waals surface area contributed by atoms with E-state index in [4.69, 9.17) is 9.15 Å². The van der Waals surface area contributed by atoms with Crippen molar-refractivity contribution in [2.75, 3.05) is 44.8 Å². The zero-order chi connectivity index (χ0) is 19.3. The van der Waals surface area contributed by atoms with Crippen LogP contribution in [-0.4, -0.2) is 83.2 Å². The maximum Gasteiger partial charge on any atom is 0.257 e. The number of ether oxygens (including phenoxy) is 1. The van der Waals surface area contributed by atoms with E-state index in [1.165, 1.54) is 11.8 Å². The summed E-state index contributed by atoms with van der Waals surface area (Å²) in [4.78, 5) is 29.2. The molecule has 3 saturated heterocycles. The van der Waals surface area contributed by atoms with Crippen molar-refractivity contribution in [1.82, 2.24) is 9.80 Å². The molecule has 0 aromatic carbocycles. The van der Waals surface area contributed by atoms with Gasteiger partial charge in [-0.15, -0.1) is 0 Å². The molecular weight excluding hydrogens is 368 g/mol. The summed E-state index contributed by atoms with van der Waals surface area (Å²) in [5.74, 6) is 1.80. The first-order valence-corrected chi connectivity index (χ1v) is 10.7. The third kappa shape index (κ3) is 2.98. The molecule has 0 aliphatic carbocycles. The van der Waals surface area contributed by atoms with E-state index >= 15 is 0 Å². The smallest absolute Gasteiger partial charge is 0.257 e. The van der Waals surface area contributed by atoms with Gasteiger partial charge in [0.2, 0.25) is 5.91 Å². The molecule has 4 atom stereocenters. The number of amides is 2. The summed E-state index contributed by atoms with van der Waals surface area (Å²) in [6, 6.07) is 1.77. The number of likely N-dealkylation sites (tertiary alicyclic amines) is 2. The molecule has 1 aromatic rings.